The first kappa shape index (κ1) is 14.9. The fourth-order valence-corrected chi connectivity index (χ4v) is 1.68. The number of ether oxygens (including phenoxy) is 1. The number of anilines is 1. The first-order valence-electron chi connectivity index (χ1n) is 6.04. The number of nitrogens with two attached hydrogens (primary N) is 1. The molecule has 0 aliphatic heterocycles. The number of esters is 1. The summed E-state index contributed by atoms with van der Waals surface area (Å²) in [5, 5.41) is 3.03. The molecule has 0 bridgehead atoms. The second-order valence-electron chi connectivity index (χ2n) is 4.64. The molecule has 1 heterocycles. The molecular formula is C13H19N3O3. The molecule has 0 spiro atoms. The summed E-state index contributed by atoms with van der Waals surface area (Å²) >= 11 is 0. The van der Waals surface area contributed by atoms with Crippen LogP contribution in [0.1, 0.15) is 30.8 Å². The zero-order valence-corrected chi connectivity index (χ0v) is 11.3. The number of carbonyl (C=O) groups excluding carboxylic acids is 2. The molecule has 0 fully saturated rings. The number of nitrogens with zero attached hydrogens (tertiary/aromatic N) is 1. The van der Waals surface area contributed by atoms with Crippen molar-refractivity contribution in [1.29, 1.82) is 0 Å². The Morgan fingerprint density at radius 1 is 1.47 bits per heavy atom. The topological polar surface area (TPSA) is 94.3 Å². The van der Waals surface area contributed by atoms with Gasteiger partial charge in [-0.05, 0) is 24.5 Å². The van der Waals surface area contributed by atoms with Gasteiger partial charge in [-0.15, -0.1) is 0 Å². The van der Waals surface area contributed by atoms with Gasteiger partial charge in [0.25, 0.3) is 5.91 Å². The van der Waals surface area contributed by atoms with E-state index in [1.807, 2.05) is 13.8 Å². The van der Waals surface area contributed by atoms with Crippen molar-refractivity contribution in [3.8, 4) is 0 Å². The fraction of sp³-hybridized carbons (Fsp3) is 0.462. The number of nitrogens with one attached hydrogen (secondary N) is 1. The third kappa shape index (κ3) is 4.57. The molecule has 0 radical (unpaired) electrons. The highest BCUT2D eigenvalue weighted by atomic mass is 16.5. The Kier molecular flexibility index (Phi) is 5.29. The van der Waals surface area contributed by atoms with Gasteiger partial charge in [0.05, 0.1) is 7.11 Å². The van der Waals surface area contributed by atoms with Crippen LogP contribution in [0.2, 0.25) is 0 Å². The SMILES string of the molecule is COC(=O)C(CC(C)C)Nc1ccnc(C(N)=O)c1. The Morgan fingerprint density at radius 2 is 2.16 bits per heavy atom. The lowest BCUT2D eigenvalue weighted by Gasteiger charge is -2.19. The molecule has 1 unspecified atom stereocenters. The van der Waals surface area contributed by atoms with Crippen molar-refractivity contribution in [2.75, 3.05) is 12.4 Å². The zero-order chi connectivity index (χ0) is 14.4. The molecular weight excluding hydrogens is 246 g/mol. The molecule has 1 aromatic rings. The minimum atomic E-state index is -0.609. The number of aromatic nitrogens is 1. The van der Waals surface area contributed by atoms with Crippen LogP contribution in [0, 0.1) is 5.92 Å². The third-order valence-corrected chi connectivity index (χ3v) is 2.55. The van der Waals surface area contributed by atoms with Crippen LogP contribution in [0.25, 0.3) is 0 Å². The Hall–Kier alpha value is -2.11. The summed E-state index contributed by atoms with van der Waals surface area (Å²) in [6, 6.07) is 2.72. The van der Waals surface area contributed by atoms with Gasteiger partial charge in [0.2, 0.25) is 0 Å². The third-order valence-electron chi connectivity index (χ3n) is 2.55. The number of rotatable bonds is 6. The minimum absolute atomic E-state index is 0.151. The lowest BCUT2D eigenvalue weighted by Crippen LogP contribution is -2.32. The lowest BCUT2D eigenvalue weighted by molar-refractivity contribution is -0.141. The average Bonchev–Trinajstić information content (AvgIpc) is 2.36. The average molecular weight is 265 g/mol. The largest absolute Gasteiger partial charge is 0.467 e. The highest BCUT2D eigenvalue weighted by molar-refractivity contribution is 5.91. The number of pyridine rings is 1. The van der Waals surface area contributed by atoms with E-state index >= 15 is 0 Å². The second kappa shape index (κ2) is 6.72. The standard InChI is InChI=1S/C13H19N3O3/c1-8(2)6-11(13(18)19-3)16-9-4-5-15-10(7-9)12(14)17/h4-5,7-8,11H,6H2,1-3H3,(H2,14,17)(H,15,16). The molecule has 0 saturated carbocycles. The Morgan fingerprint density at radius 3 is 2.68 bits per heavy atom. The summed E-state index contributed by atoms with van der Waals surface area (Å²) in [6.07, 6.45) is 2.09. The molecule has 104 valence electrons. The summed E-state index contributed by atoms with van der Waals surface area (Å²) in [5.74, 6) is -0.623. The maximum absolute atomic E-state index is 11.7. The van der Waals surface area contributed by atoms with Gasteiger partial charge in [0.1, 0.15) is 11.7 Å². The highest BCUT2D eigenvalue weighted by Gasteiger charge is 2.20. The van der Waals surface area contributed by atoms with Crippen molar-refractivity contribution in [3.05, 3.63) is 24.0 Å². The second-order valence-corrected chi connectivity index (χ2v) is 4.64. The molecule has 1 rings (SSSR count). The monoisotopic (exact) mass is 265 g/mol. The summed E-state index contributed by atoms with van der Waals surface area (Å²) in [6.45, 7) is 4.03. The smallest absolute Gasteiger partial charge is 0.328 e. The number of hydrogen-bond acceptors (Lipinski definition) is 5. The predicted octanol–water partition coefficient (Wildman–Crippen LogP) is 1.18. The van der Waals surface area contributed by atoms with E-state index in [-0.39, 0.29) is 11.7 Å². The summed E-state index contributed by atoms with van der Waals surface area (Å²) in [5.41, 5.74) is 5.92. The van der Waals surface area contributed by atoms with Gasteiger partial charge in [-0.2, -0.15) is 0 Å². The molecule has 1 amide bonds. The van der Waals surface area contributed by atoms with Crippen LogP contribution >= 0.6 is 0 Å². The van der Waals surface area contributed by atoms with Crippen LogP contribution in [0.5, 0.6) is 0 Å². The highest BCUT2D eigenvalue weighted by Crippen LogP contribution is 2.14. The molecule has 0 saturated heterocycles. The van der Waals surface area contributed by atoms with E-state index in [4.69, 9.17) is 10.5 Å². The maximum atomic E-state index is 11.7. The fourth-order valence-electron chi connectivity index (χ4n) is 1.68. The lowest BCUT2D eigenvalue weighted by atomic mass is 10.0. The molecule has 19 heavy (non-hydrogen) atoms. The van der Waals surface area contributed by atoms with Gasteiger partial charge < -0.3 is 15.8 Å². The van der Waals surface area contributed by atoms with Gasteiger partial charge in [-0.3, -0.25) is 9.78 Å². The van der Waals surface area contributed by atoms with Gasteiger partial charge in [0, 0.05) is 11.9 Å². The van der Waals surface area contributed by atoms with Crippen molar-refractivity contribution in [1.82, 2.24) is 4.98 Å². The molecule has 0 aromatic carbocycles. The van der Waals surface area contributed by atoms with E-state index in [1.165, 1.54) is 19.4 Å². The molecule has 1 atom stereocenters. The molecule has 6 nitrogen and oxygen atoms in total. The van der Waals surface area contributed by atoms with Gasteiger partial charge in [-0.25, -0.2) is 4.79 Å². The van der Waals surface area contributed by atoms with Gasteiger partial charge in [0.15, 0.2) is 0 Å². The summed E-state index contributed by atoms with van der Waals surface area (Å²) in [7, 11) is 1.35. The quantitative estimate of drug-likeness (QED) is 0.753. The number of methoxy groups -OCH3 is 1. The zero-order valence-electron chi connectivity index (χ0n) is 11.3. The van der Waals surface area contributed by atoms with E-state index < -0.39 is 11.9 Å². The van der Waals surface area contributed by atoms with Crippen molar-refractivity contribution < 1.29 is 14.3 Å². The Labute approximate surface area is 112 Å². The number of hydrogen-bond donors (Lipinski definition) is 2. The van der Waals surface area contributed by atoms with Crippen molar-refractivity contribution in [2.45, 2.75) is 26.3 Å². The summed E-state index contributed by atoms with van der Waals surface area (Å²) in [4.78, 5) is 26.6. The normalized spacial score (nSPS) is 12.0. The number of carbonyl (C=O) groups is 2. The van der Waals surface area contributed by atoms with E-state index in [0.29, 0.717) is 18.0 Å². The van der Waals surface area contributed by atoms with Crippen molar-refractivity contribution in [3.63, 3.8) is 0 Å². The van der Waals surface area contributed by atoms with E-state index in [2.05, 4.69) is 10.3 Å². The van der Waals surface area contributed by atoms with Gasteiger partial charge >= 0.3 is 5.97 Å². The van der Waals surface area contributed by atoms with E-state index in [9.17, 15) is 9.59 Å². The van der Waals surface area contributed by atoms with Crippen LogP contribution in [-0.4, -0.2) is 30.0 Å². The molecule has 1 aromatic heterocycles. The van der Waals surface area contributed by atoms with Crippen molar-refractivity contribution in [2.24, 2.45) is 11.7 Å². The van der Waals surface area contributed by atoms with E-state index in [1.54, 1.807) is 6.07 Å². The first-order chi connectivity index (χ1) is 8.93. The van der Waals surface area contributed by atoms with Crippen LogP contribution in [0.15, 0.2) is 18.3 Å². The first-order valence-corrected chi connectivity index (χ1v) is 6.04. The number of amides is 1. The van der Waals surface area contributed by atoms with E-state index in [0.717, 1.165) is 0 Å². The van der Waals surface area contributed by atoms with Crippen LogP contribution < -0.4 is 11.1 Å². The van der Waals surface area contributed by atoms with Gasteiger partial charge in [-0.1, -0.05) is 13.8 Å². The molecule has 3 N–H and O–H groups in total. The predicted molar refractivity (Wildman–Crippen MR) is 71.6 cm³/mol. The maximum Gasteiger partial charge on any atom is 0.328 e. The Balaban J connectivity index is 2.86. The molecule has 0 aliphatic rings. The van der Waals surface area contributed by atoms with Crippen molar-refractivity contribution >= 4 is 17.6 Å². The minimum Gasteiger partial charge on any atom is -0.467 e. The van der Waals surface area contributed by atoms with Crippen LogP contribution in [-0.2, 0) is 9.53 Å². The Bertz CT molecular complexity index is 460. The summed E-state index contributed by atoms with van der Waals surface area (Å²) < 4.78 is 4.75. The molecule has 6 heteroatoms. The molecule has 0 aliphatic carbocycles. The van der Waals surface area contributed by atoms with Crippen LogP contribution in [0.3, 0.4) is 0 Å². The van der Waals surface area contributed by atoms with Crippen LogP contribution in [0.4, 0.5) is 5.69 Å². The number of primary amides is 1.